The van der Waals surface area contributed by atoms with E-state index in [0.717, 1.165) is 12.0 Å². The quantitative estimate of drug-likeness (QED) is 0.194. The van der Waals surface area contributed by atoms with Gasteiger partial charge in [-0.2, -0.15) is 0 Å². The summed E-state index contributed by atoms with van der Waals surface area (Å²) in [5, 5.41) is 27.1. The van der Waals surface area contributed by atoms with Gasteiger partial charge in [0.2, 0.25) is 0 Å². The van der Waals surface area contributed by atoms with Crippen LogP contribution in [0.25, 0.3) is 0 Å². The van der Waals surface area contributed by atoms with Crippen LogP contribution in [0.1, 0.15) is 93.9 Å². The normalized spacial score (nSPS) is 47.7. The maximum absolute atomic E-state index is 14.4. The largest absolute Gasteiger partial charge is 0.462 e. The van der Waals surface area contributed by atoms with Crippen LogP contribution in [0.2, 0.25) is 0 Å². The number of esters is 1. The Morgan fingerprint density at radius 3 is 2.35 bits per heavy atom. The summed E-state index contributed by atoms with van der Waals surface area (Å²) >= 11 is 0. The number of fused-ring (bicyclic) bond motifs is 2. The molecule has 2 bridgehead atoms. The van der Waals surface area contributed by atoms with Crippen LogP contribution in [0, 0.1) is 23.7 Å². The lowest BCUT2D eigenvalue weighted by Crippen LogP contribution is -2.58. The summed E-state index contributed by atoms with van der Waals surface area (Å²) < 4.78 is 64.6. The molecule has 1 aliphatic carbocycles. The van der Waals surface area contributed by atoms with Gasteiger partial charge < -0.3 is 62.9 Å². The smallest absolute Gasteiger partial charge is 0.316 e. The van der Waals surface area contributed by atoms with Crippen LogP contribution in [-0.4, -0.2) is 141 Å². The Morgan fingerprint density at radius 1 is 0.921 bits per heavy atom. The van der Waals surface area contributed by atoms with Crippen LogP contribution in [-0.2, 0) is 52.2 Å². The first-order chi connectivity index (χ1) is 30.0. The van der Waals surface area contributed by atoms with Gasteiger partial charge in [0.15, 0.2) is 18.4 Å². The number of rotatable bonds is 9. The van der Waals surface area contributed by atoms with Crippen molar-refractivity contribution < 1.29 is 62.4 Å². The van der Waals surface area contributed by atoms with Crippen molar-refractivity contribution in [3.63, 3.8) is 0 Å². The predicted octanol–water partition coefficient (Wildman–Crippen LogP) is 5.60. The standard InChI is InChI=1S/C49H75NO13/c1-12-26(2)44-29(5)18-19-48(63-44)24-35-21-34(62-48)17-16-28(4)43(27(3)14-13-15-33-25-56-46-42(51)30(6)20-36(47(52)59-35)49(33,46)53)60-40-23-38(55-11)45(32(8)58-40)61-39-22-37(54-10)41(50-9)31(7)57-39/h13-16,18-20,26-27,29,31-32,34-46,50-51,53H,12,17,21-25H2,1-11H3/b14-13-,28-16-,33-15?/t26-,27-,29-,31-,32-,34+,35-,36-,37-,38-,39-,40-,41-,42+,43-,44+,45-,46+,48+,49+/m0/s1. The summed E-state index contributed by atoms with van der Waals surface area (Å²) in [6.45, 7) is 16.4. The maximum Gasteiger partial charge on any atom is 0.316 e. The van der Waals surface area contributed by atoms with Crippen molar-refractivity contribution in [2.45, 2.75) is 191 Å². The Bertz CT molecular complexity index is 1750. The molecule has 6 aliphatic heterocycles. The van der Waals surface area contributed by atoms with Crippen LogP contribution in [0.15, 0.2) is 59.3 Å². The van der Waals surface area contributed by atoms with Gasteiger partial charge in [-0.3, -0.25) is 4.79 Å². The average molecular weight is 886 g/mol. The molecule has 7 aliphatic rings. The molecular weight excluding hydrogens is 811 g/mol. The van der Waals surface area contributed by atoms with Crippen molar-refractivity contribution >= 4 is 5.97 Å². The first kappa shape index (κ1) is 48.6. The van der Waals surface area contributed by atoms with Gasteiger partial charge in [-0.1, -0.05) is 70.6 Å². The van der Waals surface area contributed by atoms with Crippen LogP contribution in [0.3, 0.4) is 0 Å². The summed E-state index contributed by atoms with van der Waals surface area (Å²) in [5.41, 5.74) is 0.180. The van der Waals surface area contributed by atoms with Crippen LogP contribution >= 0.6 is 0 Å². The topological polar surface area (TPSA) is 162 Å². The number of aliphatic hydroxyl groups excluding tert-OH is 1. The van der Waals surface area contributed by atoms with Gasteiger partial charge in [0.05, 0.1) is 55.4 Å². The van der Waals surface area contributed by atoms with E-state index in [2.05, 4.69) is 52.1 Å². The number of carbonyl (C=O) groups excluding carboxylic acids is 1. The zero-order valence-corrected chi connectivity index (χ0v) is 39.3. The van der Waals surface area contributed by atoms with Crippen molar-refractivity contribution in [1.82, 2.24) is 5.32 Å². The minimum absolute atomic E-state index is 0.0411. The molecule has 354 valence electrons. The average Bonchev–Trinajstić information content (AvgIpc) is 3.60. The molecule has 7 rings (SSSR count). The molecule has 1 spiro atoms. The summed E-state index contributed by atoms with van der Waals surface area (Å²) in [6.07, 6.45) is 10.7. The molecule has 14 heteroatoms. The van der Waals surface area contributed by atoms with Crippen LogP contribution < -0.4 is 5.32 Å². The highest BCUT2D eigenvalue weighted by atomic mass is 16.7. The van der Waals surface area contributed by atoms with Gasteiger partial charge in [0.1, 0.15) is 35.9 Å². The Morgan fingerprint density at radius 2 is 1.63 bits per heavy atom. The van der Waals surface area contributed by atoms with Crippen LogP contribution in [0.5, 0.6) is 0 Å². The van der Waals surface area contributed by atoms with Crippen molar-refractivity contribution in [3.8, 4) is 0 Å². The van der Waals surface area contributed by atoms with E-state index < -0.39 is 66.4 Å². The zero-order chi connectivity index (χ0) is 45.4. The summed E-state index contributed by atoms with van der Waals surface area (Å²) in [6, 6.07) is 0.0442. The highest BCUT2D eigenvalue weighted by molar-refractivity contribution is 5.78. The first-order valence-corrected chi connectivity index (χ1v) is 23.4. The molecule has 0 aromatic rings. The van der Waals surface area contributed by atoms with Gasteiger partial charge in [0, 0.05) is 51.7 Å². The number of ether oxygens (including phenoxy) is 10. The van der Waals surface area contributed by atoms with Crippen molar-refractivity contribution in [1.29, 1.82) is 0 Å². The Hall–Kier alpha value is -2.31. The molecule has 0 unspecified atom stereocenters. The zero-order valence-electron chi connectivity index (χ0n) is 39.3. The molecule has 0 saturated carbocycles. The SMILES string of the molecule is CC[C@H](C)[C@H]1O[C@]2(C=C[C@@H]1C)C[C@@H]1C[C@@H](C/C=C(/C)[C@@H](O[C@H]3C[C@H](OC)[C@@H](O[C@H]4C[C@H](OC)[C@@H](NC)[C@H](C)O4)[C@H](C)O3)[C@@H](C)/C=C\C=C3CO[C@@H]4[C@H](O)C(C)=C[C@@H](C(=O)O1)[C@]34O)O2. The van der Waals surface area contributed by atoms with E-state index >= 15 is 0 Å². The van der Waals surface area contributed by atoms with Crippen molar-refractivity contribution in [2.75, 3.05) is 27.9 Å². The third-order valence-corrected chi connectivity index (χ3v) is 14.9. The molecule has 14 nitrogen and oxygen atoms in total. The van der Waals surface area contributed by atoms with Gasteiger partial charge in [-0.05, 0) is 69.9 Å². The van der Waals surface area contributed by atoms with Gasteiger partial charge in [0.25, 0.3) is 0 Å². The minimum atomic E-state index is -1.83. The van der Waals surface area contributed by atoms with Gasteiger partial charge >= 0.3 is 5.97 Å². The molecule has 20 atom stereocenters. The van der Waals surface area contributed by atoms with E-state index in [-0.39, 0.29) is 67.0 Å². The molecule has 3 N–H and O–H groups in total. The van der Waals surface area contributed by atoms with Gasteiger partial charge in [-0.25, -0.2) is 0 Å². The number of aliphatic hydroxyl groups is 2. The fraction of sp³-hybridized carbons (Fsp3) is 0.776. The summed E-state index contributed by atoms with van der Waals surface area (Å²) in [5.74, 6) is -2.51. The van der Waals surface area contributed by atoms with E-state index in [9.17, 15) is 15.0 Å². The minimum Gasteiger partial charge on any atom is -0.462 e. The molecular formula is C49H75NO13. The van der Waals surface area contributed by atoms with Crippen molar-refractivity contribution in [3.05, 3.63) is 59.3 Å². The lowest BCUT2D eigenvalue weighted by atomic mass is 9.71. The fourth-order valence-electron chi connectivity index (χ4n) is 11.0. The van der Waals surface area contributed by atoms with Crippen molar-refractivity contribution in [2.24, 2.45) is 23.7 Å². The number of hydrogen-bond acceptors (Lipinski definition) is 14. The monoisotopic (exact) mass is 886 g/mol. The Labute approximate surface area is 374 Å². The Kier molecular flexibility index (Phi) is 15.7. The molecule has 63 heavy (non-hydrogen) atoms. The number of nitrogens with one attached hydrogen (secondary N) is 1. The number of likely N-dealkylation sites (N-methyl/N-ethyl adjacent to an activating group) is 1. The number of allylic oxidation sites excluding steroid dienone is 2. The van der Waals surface area contributed by atoms with Gasteiger partial charge in [-0.15, -0.1) is 0 Å². The molecule has 6 heterocycles. The number of methoxy groups -OCH3 is 2. The van der Waals surface area contributed by atoms with E-state index in [1.165, 1.54) is 0 Å². The maximum atomic E-state index is 14.4. The molecule has 0 aromatic carbocycles. The highest BCUT2D eigenvalue weighted by Crippen LogP contribution is 2.47. The molecule has 0 aromatic heterocycles. The summed E-state index contributed by atoms with van der Waals surface area (Å²) in [7, 11) is 5.30. The lowest BCUT2D eigenvalue weighted by Gasteiger charge is -2.48. The predicted molar refractivity (Wildman–Crippen MR) is 234 cm³/mol. The van der Waals surface area contributed by atoms with E-state index in [0.29, 0.717) is 43.3 Å². The lowest BCUT2D eigenvalue weighted by molar-refractivity contribution is -0.312. The molecule has 0 amide bonds. The highest BCUT2D eigenvalue weighted by Gasteiger charge is 2.60. The second-order valence-electron chi connectivity index (χ2n) is 19.3. The summed E-state index contributed by atoms with van der Waals surface area (Å²) in [4.78, 5) is 14.4. The van der Waals surface area contributed by atoms with E-state index in [1.807, 2.05) is 39.1 Å². The third-order valence-electron chi connectivity index (χ3n) is 14.9. The molecule has 4 saturated heterocycles. The Balaban J connectivity index is 1.18. The number of hydrogen-bond donors (Lipinski definition) is 3. The van der Waals surface area contributed by atoms with Crippen LogP contribution in [0.4, 0.5) is 0 Å². The third kappa shape index (κ3) is 10.0. The number of carbonyl (C=O) groups is 1. The second kappa shape index (κ2) is 20.3. The second-order valence-corrected chi connectivity index (χ2v) is 19.3. The molecule has 4 fully saturated rings. The van der Waals surface area contributed by atoms with E-state index in [1.54, 1.807) is 33.3 Å². The molecule has 0 radical (unpaired) electrons. The van der Waals surface area contributed by atoms with E-state index in [4.69, 9.17) is 47.4 Å². The first-order valence-electron chi connectivity index (χ1n) is 23.4. The fourth-order valence-corrected chi connectivity index (χ4v) is 11.0.